The first kappa shape index (κ1) is 19.2. The molecule has 1 heterocycles. The summed E-state index contributed by atoms with van der Waals surface area (Å²) in [4.78, 5) is 38.7. The van der Waals surface area contributed by atoms with Crippen LogP contribution >= 0.6 is 0 Å². The number of anilines is 1. The molecule has 1 aromatic carbocycles. The molecule has 7 heteroatoms. The molecule has 3 rings (SSSR count). The molecule has 0 unspecified atom stereocenters. The predicted octanol–water partition coefficient (Wildman–Crippen LogP) is 2.92. The summed E-state index contributed by atoms with van der Waals surface area (Å²) in [5, 5.41) is 5.76. The summed E-state index contributed by atoms with van der Waals surface area (Å²) in [5.74, 6) is -0.400. The Morgan fingerprint density at radius 1 is 1.15 bits per heavy atom. The largest absolute Gasteiger partial charge is 0.444 e. The monoisotopic (exact) mass is 373 g/mol. The number of nitrogens with zero attached hydrogens (tertiary/aromatic N) is 1. The van der Waals surface area contributed by atoms with Gasteiger partial charge < -0.3 is 15.4 Å². The summed E-state index contributed by atoms with van der Waals surface area (Å²) in [6, 6.07) is 6.55. The molecule has 1 aromatic rings. The molecule has 27 heavy (non-hydrogen) atoms. The number of benzene rings is 1. The molecule has 2 fully saturated rings. The number of nitrogens with one attached hydrogen (secondary N) is 2. The van der Waals surface area contributed by atoms with Gasteiger partial charge in [0.1, 0.15) is 11.6 Å². The van der Waals surface area contributed by atoms with Crippen molar-refractivity contribution in [1.29, 1.82) is 0 Å². The van der Waals surface area contributed by atoms with Crippen molar-refractivity contribution < 1.29 is 19.1 Å². The number of hydrogen-bond acceptors (Lipinski definition) is 4. The van der Waals surface area contributed by atoms with Crippen molar-refractivity contribution in [3.63, 3.8) is 0 Å². The van der Waals surface area contributed by atoms with Gasteiger partial charge in [0.05, 0.1) is 0 Å². The summed E-state index contributed by atoms with van der Waals surface area (Å²) >= 11 is 0. The lowest BCUT2D eigenvalue weighted by atomic mass is 10.1. The molecule has 0 spiro atoms. The lowest BCUT2D eigenvalue weighted by Gasteiger charge is -2.28. The van der Waals surface area contributed by atoms with Crippen molar-refractivity contribution in [2.75, 3.05) is 11.9 Å². The van der Waals surface area contributed by atoms with Gasteiger partial charge in [-0.3, -0.25) is 14.5 Å². The third-order valence-electron chi connectivity index (χ3n) is 4.49. The number of amides is 3. The zero-order valence-corrected chi connectivity index (χ0v) is 16.1. The molecule has 1 saturated carbocycles. The first-order valence-electron chi connectivity index (χ1n) is 9.44. The molecule has 2 aliphatic rings. The molecular weight excluding hydrogens is 346 g/mol. The molecule has 146 valence electrons. The number of ether oxygens (including phenoxy) is 1. The predicted molar refractivity (Wildman–Crippen MR) is 102 cm³/mol. The van der Waals surface area contributed by atoms with Gasteiger partial charge in [-0.1, -0.05) is 6.07 Å². The van der Waals surface area contributed by atoms with Gasteiger partial charge in [0.15, 0.2) is 0 Å². The average molecular weight is 373 g/mol. The normalized spacial score (nSPS) is 19.5. The Labute approximate surface area is 159 Å². The van der Waals surface area contributed by atoms with Crippen LogP contribution in [0.15, 0.2) is 24.3 Å². The fourth-order valence-corrected chi connectivity index (χ4v) is 3.04. The maximum absolute atomic E-state index is 12.7. The van der Waals surface area contributed by atoms with Crippen molar-refractivity contribution in [3.8, 4) is 0 Å². The van der Waals surface area contributed by atoms with E-state index in [1.54, 1.807) is 45.0 Å². The van der Waals surface area contributed by atoms with E-state index in [-0.39, 0.29) is 17.9 Å². The second-order valence-corrected chi connectivity index (χ2v) is 8.15. The van der Waals surface area contributed by atoms with Crippen molar-refractivity contribution in [2.45, 2.75) is 64.1 Å². The Hall–Kier alpha value is -2.57. The van der Waals surface area contributed by atoms with Gasteiger partial charge in [0.2, 0.25) is 5.91 Å². The molecular formula is C20H27N3O4. The minimum absolute atomic E-state index is 0.134. The molecule has 0 aromatic heterocycles. The molecule has 1 aliphatic carbocycles. The Balaban J connectivity index is 1.63. The van der Waals surface area contributed by atoms with E-state index in [4.69, 9.17) is 4.74 Å². The van der Waals surface area contributed by atoms with E-state index < -0.39 is 17.7 Å². The molecule has 1 saturated heterocycles. The summed E-state index contributed by atoms with van der Waals surface area (Å²) < 4.78 is 5.40. The summed E-state index contributed by atoms with van der Waals surface area (Å²) in [6.07, 6.45) is 2.90. The fourth-order valence-electron chi connectivity index (χ4n) is 3.04. The highest BCUT2D eigenvalue weighted by Crippen LogP contribution is 2.23. The van der Waals surface area contributed by atoms with E-state index in [1.807, 2.05) is 0 Å². The second kappa shape index (κ2) is 7.58. The summed E-state index contributed by atoms with van der Waals surface area (Å²) in [5.41, 5.74) is 0.443. The topological polar surface area (TPSA) is 87.7 Å². The third kappa shape index (κ3) is 5.21. The van der Waals surface area contributed by atoms with Gasteiger partial charge in [-0.15, -0.1) is 0 Å². The van der Waals surface area contributed by atoms with Crippen LogP contribution in [0.25, 0.3) is 0 Å². The first-order chi connectivity index (χ1) is 12.7. The maximum atomic E-state index is 12.7. The number of rotatable bonds is 4. The van der Waals surface area contributed by atoms with Crippen LogP contribution in [0.1, 0.15) is 56.8 Å². The quantitative estimate of drug-likeness (QED) is 0.849. The lowest BCUT2D eigenvalue weighted by Crippen LogP contribution is -2.45. The van der Waals surface area contributed by atoms with Gasteiger partial charge in [0.25, 0.3) is 5.91 Å². The third-order valence-corrected chi connectivity index (χ3v) is 4.49. The van der Waals surface area contributed by atoms with Crippen molar-refractivity contribution in [2.24, 2.45) is 0 Å². The Morgan fingerprint density at radius 3 is 2.56 bits per heavy atom. The van der Waals surface area contributed by atoms with E-state index in [0.717, 1.165) is 19.3 Å². The van der Waals surface area contributed by atoms with Crippen molar-refractivity contribution >= 4 is 23.6 Å². The van der Waals surface area contributed by atoms with Crippen LogP contribution < -0.4 is 10.6 Å². The zero-order valence-electron chi connectivity index (χ0n) is 16.1. The van der Waals surface area contributed by atoms with Crippen LogP contribution in [0.5, 0.6) is 0 Å². The first-order valence-corrected chi connectivity index (χ1v) is 9.44. The lowest BCUT2D eigenvalue weighted by molar-refractivity contribution is -0.120. The van der Waals surface area contributed by atoms with E-state index in [2.05, 4.69) is 10.6 Å². The van der Waals surface area contributed by atoms with Crippen molar-refractivity contribution in [1.82, 2.24) is 10.2 Å². The fraction of sp³-hybridized carbons (Fsp3) is 0.550. The van der Waals surface area contributed by atoms with Gasteiger partial charge >= 0.3 is 6.09 Å². The van der Waals surface area contributed by atoms with E-state index in [0.29, 0.717) is 24.2 Å². The average Bonchev–Trinajstić information content (AvgIpc) is 3.24. The maximum Gasteiger partial charge on any atom is 0.410 e. The molecule has 3 amide bonds. The number of likely N-dealkylation sites (tertiary alicyclic amines) is 1. The van der Waals surface area contributed by atoms with Crippen LogP contribution in [0.2, 0.25) is 0 Å². The second-order valence-electron chi connectivity index (χ2n) is 8.15. The van der Waals surface area contributed by atoms with E-state index in [9.17, 15) is 14.4 Å². The zero-order chi connectivity index (χ0) is 19.6. The van der Waals surface area contributed by atoms with Gasteiger partial charge in [0, 0.05) is 23.8 Å². The van der Waals surface area contributed by atoms with E-state index >= 15 is 0 Å². The minimum atomic E-state index is -0.607. The highest BCUT2D eigenvalue weighted by Gasteiger charge is 2.36. The van der Waals surface area contributed by atoms with Gasteiger partial charge in [-0.05, 0) is 64.7 Å². The highest BCUT2D eigenvalue weighted by molar-refractivity contribution is 5.99. The Morgan fingerprint density at radius 2 is 1.89 bits per heavy atom. The van der Waals surface area contributed by atoms with Crippen LogP contribution in [-0.4, -0.2) is 47.0 Å². The Kier molecular flexibility index (Phi) is 5.39. The number of carbonyl (C=O) groups excluding carboxylic acids is 3. The Bertz CT molecular complexity index is 737. The van der Waals surface area contributed by atoms with Crippen LogP contribution in [-0.2, 0) is 9.53 Å². The van der Waals surface area contributed by atoms with Gasteiger partial charge in [-0.25, -0.2) is 4.79 Å². The van der Waals surface area contributed by atoms with Crippen LogP contribution in [0.3, 0.4) is 0 Å². The summed E-state index contributed by atoms with van der Waals surface area (Å²) in [7, 11) is 0. The van der Waals surface area contributed by atoms with Crippen molar-refractivity contribution in [3.05, 3.63) is 29.8 Å². The SMILES string of the molecule is CC(C)(C)OC(=O)N1CCC[C@H]1C(=O)Nc1cccc(C(=O)NC2CC2)c1. The molecule has 1 aliphatic heterocycles. The molecule has 1 atom stereocenters. The minimum Gasteiger partial charge on any atom is -0.444 e. The smallest absolute Gasteiger partial charge is 0.410 e. The summed E-state index contributed by atoms with van der Waals surface area (Å²) in [6.45, 7) is 5.90. The number of hydrogen-bond donors (Lipinski definition) is 2. The van der Waals surface area contributed by atoms with E-state index in [1.165, 1.54) is 4.90 Å². The molecule has 2 N–H and O–H groups in total. The standard InChI is InChI=1S/C20H27N3O4/c1-20(2,3)27-19(26)23-11-5-8-16(23)18(25)22-15-7-4-6-13(12-15)17(24)21-14-9-10-14/h4,6-7,12,14,16H,5,8-11H2,1-3H3,(H,21,24)(H,22,25)/t16-/m0/s1. The molecule has 0 radical (unpaired) electrons. The number of carbonyl (C=O) groups is 3. The highest BCUT2D eigenvalue weighted by atomic mass is 16.6. The van der Waals surface area contributed by atoms with Crippen LogP contribution in [0, 0.1) is 0 Å². The molecule has 7 nitrogen and oxygen atoms in total. The molecule has 0 bridgehead atoms. The van der Waals surface area contributed by atoms with Crippen LogP contribution in [0.4, 0.5) is 10.5 Å². The van der Waals surface area contributed by atoms with Gasteiger partial charge in [-0.2, -0.15) is 0 Å².